The molecule has 1 aromatic rings. The summed E-state index contributed by atoms with van der Waals surface area (Å²) in [6.45, 7) is 3.26. The Morgan fingerprint density at radius 3 is 2.65 bits per heavy atom. The molecule has 0 radical (unpaired) electrons. The van der Waals surface area contributed by atoms with E-state index in [2.05, 4.69) is 29.2 Å². The maximum atomic E-state index is 4.36. The lowest BCUT2D eigenvalue weighted by molar-refractivity contribution is 0.112. The molecule has 0 saturated carbocycles. The molecule has 3 heterocycles. The van der Waals surface area contributed by atoms with E-state index in [9.17, 15) is 0 Å². The number of nitrogens with one attached hydrogen (secondary N) is 1. The van der Waals surface area contributed by atoms with Crippen molar-refractivity contribution in [3.8, 4) is 0 Å². The first-order chi connectivity index (χ1) is 8.28. The van der Waals surface area contributed by atoms with Crippen LogP contribution >= 0.6 is 11.3 Å². The lowest BCUT2D eigenvalue weighted by Gasteiger charge is -2.38. The second-order valence-electron chi connectivity index (χ2n) is 5.38. The van der Waals surface area contributed by atoms with Gasteiger partial charge in [0.1, 0.15) is 0 Å². The molecule has 0 aromatic carbocycles. The molecule has 0 aliphatic carbocycles. The molecule has 1 aromatic heterocycles. The normalized spacial score (nSPS) is 33.2. The zero-order valence-electron chi connectivity index (χ0n) is 10.6. The number of hydrogen-bond acceptors (Lipinski definition) is 4. The summed E-state index contributed by atoms with van der Waals surface area (Å²) in [7, 11) is 2.10. The van der Waals surface area contributed by atoms with E-state index < -0.39 is 0 Å². The van der Waals surface area contributed by atoms with Crippen LogP contribution in [0.1, 0.15) is 36.3 Å². The summed E-state index contributed by atoms with van der Waals surface area (Å²) in [4.78, 5) is 8.56. The molecule has 17 heavy (non-hydrogen) atoms. The summed E-state index contributed by atoms with van der Waals surface area (Å²) in [5.74, 6) is 0. The summed E-state index contributed by atoms with van der Waals surface area (Å²) >= 11 is 1.81. The number of thiazole rings is 1. The molecule has 0 spiro atoms. The van der Waals surface area contributed by atoms with Crippen LogP contribution in [-0.2, 0) is 6.54 Å². The van der Waals surface area contributed by atoms with Gasteiger partial charge in [0.2, 0.25) is 0 Å². The summed E-state index contributed by atoms with van der Waals surface area (Å²) in [6.07, 6.45) is 5.43. The van der Waals surface area contributed by atoms with E-state index in [4.69, 9.17) is 0 Å². The quantitative estimate of drug-likeness (QED) is 0.892. The van der Waals surface area contributed by atoms with E-state index in [0.29, 0.717) is 0 Å². The van der Waals surface area contributed by atoms with E-state index >= 15 is 0 Å². The molecule has 1 N–H and O–H groups in total. The van der Waals surface area contributed by atoms with Crippen LogP contribution in [0.2, 0.25) is 0 Å². The fourth-order valence-electron chi connectivity index (χ4n) is 3.41. The molecule has 2 aliphatic heterocycles. The van der Waals surface area contributed by atoms with Gasteiger partial charge < -0.3 is 5.32 Å². The maximum absolute atomic E-state index is 4.36. The molecule has 2 unspecified atom stereocenters. The van der Waals surface area contributed by atoms with Crippen molar-refractivity contribution in [1.29, 1.82) is 0 Å². The number of fused-ring (bicyclic) bond motifs is 2. The second-order valence-corrected chi connectivity index (χ2v) is 6.31. The minimum Gasteiger partial charge on any atom is -0.317 e. The Kier molecular flexibility index (Phi) is 3.19. The molecular formula is C13H21N3S. The van der Waals surface area contributed by atoms with Gasteiger partial charge in [0, 0.05) is 29.5 Å². The van der Waals surface area contributed by atoms with Crippen LogP contribution in [-0.4, -0.2) is 35.1 Å². The zero-order valence-corrected chi connectivity index (χ0v) is 11.5. The molecule has 2 aliphatic rings. The van der Waals surface area contributed by atoms with Crippen LogP contribution in [0.4, 0.5) is 0 Å². The Bertz CT molecular complexity index is 376. The topological polar surface area (TPSA) is 28.2 Å². The zero-order chi connectivity index (χ0) is 11.8. The summed E-state index contributed by atoms with van der Waals surface area (Å²) in [5.41, 5.74) is 3.21. The van der Waals surface area contributed by atoms with Crippen molar-refractivity contribution in [3.05, 3.63) is 16.1 Å². The van der Waals surface area contributed by atoms with Crippen molar-refractivity contribution < 1.29 is 0 Å². The van der Waals surface area contributed by atoms with E-state index in [1.54, 1.807) is 0 Å². The lowest BCUT2D eigenvalue weighted by Crippen LogP contribution is -2.47. The van der Waals surface area contributed by atoms with Crippen LogP contribution in [0.3, 0.4) is 0 Å². The van der Waals surface area contributed by atoms with E-state index in [1.807, 2.05) is 16.8 Å². The SMILES string of the molecule is CNC1CC2CCC(C1)N2Cc1scnc1C. The van der Waals surface area contributed by atoms with Gasteiger partial charge in [-0.15, -0.1) is 11.3 Å². The predicted octanol–water partition coefficient (Wildman–Crippen LogP) is 2.17. The fraction of sp³-hybridized carbons (Fsp3) is 0.769. The van der Waals surface area contributed by atoms with Crippen LogP contribution < -0.4 is 5.32 Å². The van der Waals surface area contributed by atoms with Crippen molar-refractivity contribution in [2.75, 3.05) is 7.05 Å². The molecular weight excluding hydrogens is 230 g/mol. The van der Waals surface area contributed by atoms with Gasteiger partial charge in [-0.2, -0.15) is 0 Å². The third-order valence-corrected chi connectivity index (χ3v) is 5.38. The summed E-state index contributed by atoms with van der Waals surface area (Å²) < 4.78 is 0. The average molecular weight is 251 g/mol. The van der Waals surface area contributed by atoms with Gasteiger partial charge in [0.05, 0.1) is 11.2 Å². The van der Waals surface area contributed by atoms with Crippen molar-refractivity contribution in [3.63, 3.8) is 0 Å². The third-order valence-electron chi connectivity index (χ3n) is 4.46. The van der Waals surface area contributed by atoms with E-state index in [1.165, 1.54) is 36.3 Å². The lowest BCUT2D eigenvalue weighted by atomic mass is 9.97. The molecule has 0 amide bonds. The van der Waals surface area contributed by atoms with Crippen molar-refractivity contribution in [2.45, 2.75) is 57.3 Å². The number of aryl methyl sites for hydroxylation is 1. The highest BCUT2D eigenvalue weighted by Gasteiger charge is 2.40. The number of piperidine rings is 1. The van der Waals surface area contributed by atoms with Crippen LogP contribution in [0.25, 0.3) is 0 Å². The molecule has 3 nitrogen and oxygen atoms in total. The number of aromatic nitrogens is 1. The number of rotatable bonds is 3. The molecule has 2 saturated heterocycles. The average Bonchev–Trinajstić information content (AvgIpc) is 2.82. The first-order valence-electron chi connectivity index (χ1n) is 6.60. The van der Waals surface area contributed by atoms with Gasteiger partial charge in [-0.05, 0) is 39.7 Å². The van der Waals surface area contributed by atoms with Gasteiger partial charge in [0.25, 0.3) is 0 Å². The molecule has 3 rings (SSSR count). The minimum atomic E-state index is 0.742. The maximum Gasteiger partial charge on any atom is 0.0798 e. The molecule has 2 atom stereocenters. The van der Waals surface area contributed by atoms with Gasteiger partial charge in [-0.1, -0.05) is 0 Å². The largest absolute Gasteiger partial charge is 0.317 e. The Morgan fingerprint density at radius 2 is 2.12 bits per heavy atom. The third kappa shape index (κ3) is 2.14. The fourth-order valence-corrected chi connectivity index (χ4v) is 4.20. The molecule has 2 fully saturated rings. The van der Waals surface area contributed by atoms with Gasteiger partial charge in [-0.3, -0.25) is 4.90 Å². The Balaban J connectivity index is 1.71. The van der Waals surface area contributed by atoms with Crippen LogP contribution in [0.5, 0.6) is 0 Å². The van der Waals surface area contributed by atoms with Gasteiger partial charge in [0.15, 0.2) is 0 Å². The second kappa shape index (κ2) is 4.67. The van der Waals surface area contributed by atoms with Crippen molar-refractivity contribution in [2.24, 2.45) is 0 Å². The Morgan fingerprint density at radius 1 is 1.41 bits per heavy atom. The highest BCUT2D eigenvalue weighted by atomic mass is 32.1. The molecule has 2 bridgehead atoms. The monoisotopic (exact) mass is 251 g/mol. The standard InChI is InChI=1S/C13H21N3S/c1-9-13(17-8-15-9)7-16-11-3-4-12(16)6-10(5-11)14-2/h8,10-12,14H,3-7H2,1-2H3. The summed E-state index contributed by atoms with van der Waals surface area (Å²) in [6, 6.07) is 2.34. The predicted molar refractivity (Wildman–Crippen MR) is 71.3 cm³/mol. The van der Waals surface area contributed by atoms with Crippen LogP contribution in [0, 0.1) is 6.92 Å². The first kappa shape index (κ1) is 11.6. The summed E-state index contributed by atoms with van der Waals surface area (Å²) in [5, 5.41) is 3.46. The van der Waals surface area contributed by atoms with E-state index in [0.717, 1.165) is 24.7 Å². The highest BCUT2D eigenvalue weighted by molar-refractivity contribution is 7.09. The molecule has 94 valence electrons. The van der Waals surface area contributed by atoms with E-state index in [-0.39, 0.29) is 0 Å². The Hall–Kier alpha value is -0.450. The number of hydrogen-bond donors (Lipinski definition) is 1. The van der Waals surface area contributed by atoms with Crippen LogP contribution in [0.15, 0.2) is 5.51 Å². The van der Waals surface area contributed by atoms with Gasteiger partial charge >= 0.3 is 0 Å². The highest BCUT2D eigenvalue weighted by Crippen LogP contribution is 2.37. The van der Waals surface area contributed by atoms with Crippen molar-refractivity contribution >= 4 is 11.3 Å². The van der Waals surface area contributed by atoms with Gasteiger partial charge in [-0.25, -0.2) is 4.98 Å². The smallest absolute Gasteiger partial charge is 0.0798 e. The minimum absolute atomic E-state index is 0.742. The number of nitrogens with zero attached hydrogens (tertiary/aromatic N) is 2. The van der Waals surface area contributed by atoms with Crippen molar-refractivity contribution in [1.82, 2.24) is 15.2 Å². The first-order valence-corrected chi connectivity index (χ1v) is 7.48. The Labute approximate surface area is 107 Å². The molecule has 4 heteroatoms.